The number of carbonyl (C=O) groups excluding carboxylic acids is 1. The van der Waals surface area contributed by atoms with Gasteiger partial charge >= 0.3 is 0 Å². The van der Waals surface area contributed by atoms with E-state index in [1.165, 1.54) is 9.87 Å². The van der Waals surface area contributed by atoms with Gasteiger partial charge in [0.15, 0.2) is 0 Å². The van der Waals surface area contributed by atoms with Crippen LogP contribution in [0, 0.1) is 0 Å². The molecule has 0 spiro atoms. The number of nitrogens with zero attached hydrogens (tertiary/aromatic N) is 1. The number of amides is 1. The SMILES string of the molecule is CC(CCNC(=O)c1cccc(N2CCCCS2(=O)=O)c1)c1ccccc1. The summed E-state index contributed by atoms with van der Waals surface area (Å²) >= 11 is 0. The number of nitrogens with one attached hydrogen (secondary N) is 1. The number of rotatable bonds is 6. The van der Waals surface area contributed by atoms with Crippen LogP contribution in [-0.2, 0) is 10.0 Å². The summed E-state index contributed by atoms with van der Waals surface area (Å²) in [7, 11) is -3.28. The smallest absolute Gasteiger partial charge is 0.251 e. The van der Waals surface area contributed by atoms with Crippen molar-refractivity contribution in [2.75, 3.05) is 23.1 Å². The first-order valence-corrected chi connectivity index (χ1v) is 11.0. The highest BCUT2D eigenvalue weighted by Crippen LogP contribution is 2.24. The van der Waals surface area contributed by atoms with Gasteiger partial charge in [0.25, 0.3) is 5.91 Å². The van der Waals surface area contributed by atoms with Gasteiger partial charge in [0.1, 0.15) is 0 Å². The van der Waals surface area contributed by atoms with Crippen LogP contribution in [0.15, 0.2) is 54.6 Å². The van der Waals surface area contributed by atoms with Crippen LogP contribution in [0.5, 0.6) is 0 Å². The minimum absolute atomic E-state index is 0.167. The quantitative estimate of drug-likeness (QED) is 0.826. The molecule has 0 aromatic heterocycles. The molecule has 1 amide bonds. The van der Waals surface area contributed by atoms with Gasteiger partial charge in [-0.1, -0.05) is 43.3 Å². The zero-order valence-corrected chi connectivity index (χ0v) is 16.4. The third-order valence-corrected chi connectivity index (χ3v) is 6.85. The Balaban J connectivity index is 1.60. The highest BCUT2D eigenvalue weighted by atomic mass is 32.2. The van der Waals surface area contributed by atoms with Crippen LogP contribution >= 0.6 is 0 Å². The summed E-state index contributed by atoms with van der Waals surface area (Å²) in [6.07, 6.45) is 2.38. The van der Waals surface area contributed by atoms with Crippen LogP contribution in [0.2, 0.25) is 0 Å². The summed E-state index contributed by atoms with van der Waals surface area (Å²) in [5, 5.41) is 2.94. The first-order valence-electron chi connectivity index (χ1n) is 9.41. The molecular formula is C21H26N2O3S. The number of carbonyl (C=O) groups is 1. The molecule has 2 aromatic carbocycles. The molecule has 1 aliphatic heterocycles. The van der Waals surface area contributed by atoms with E-state index in [0.717, 1.165) is 12.8 Å². The fourth-order valence-corrected chi connectivity index (χ4v) is 4.96. The van der Waals surface area contributed by atoms with Gasteiger partial charge in [0.05, 0.1) is 11.4 Å². The highest BCUT2D eigenvalue weighted by molar-refractivity contribution is 7.92. The van der Waals surface area contributed by atoms with Gasteiger partial charge in [-0.05, 0) is 48.9 Å². The molecule has 2 aromatic rings. The summed E-state index contributed by atoms with van der Waals surface area (Å²) in [6.45, 7) is 3.19. The Bertz CT molecular complexity index is 881. The molecule has 5 nitrogen and oxygen atoms in total. The third-order valence-electron chi connectivity index (χ3n) is 4.98. The molecule has 6 heteroatoms. The van der Waals surface area contributed by atoms with Crippen LogP contribution in [0.4, 0.5) is 5.69 Å². The van der Waals surface area contributed by atoms with E-state index in [2.05, 4.69) is 24.4 Å². The first-order chi connectivity index (χ1) is 13.0. The maximum Gasteiger partial charge on any atom is 0.251 e. The van der Waals surface area contributed by atoms with E-state index in [-0.39, 0.29) is 11.7 Å². The molecule has 1 unspecified atom stereocenters. The Morgan fingerprint density at radius 3 is 2.63 bits per heavy atom. The molecule has 1 heterocycles. The van der Waals surface area contributed by atoms with Crippen molar-refractivity contribution in [2.24, 2.45) is 0 Å². The normalized spacial score (nSPS) is 17.3. The predicted molar refractivity (Wildman–Crippen MR) is 109 cm³/mol. The van der Waals surface area contributed by atoms with Gasteiger partial charge < -0.3 is 5.32 Å². The lowest BCUT2D eigenvalue weighted by atomic mass is 9.98. The van der Waals surface area contributed by atoms with Gasteiger partial charge in [-0.25, -0.2) is 8.42 Å². The number of anilines is 1. The molecule has 1 saturated heterocycles. The zero-order valence-electron chi connectivity index (χ0n) is 15.6. The lowest BCUT2D eigenvalue weighted by Gasteiger charge is -2.28. The molecule has 0 bridgehead atoms. The fourth-order valence-electron chi connectivity index (χ4n) is 3.33. The second-order valence-electron chi connectivity index (χ2n) is 7.00. The van der Waals surface area contributed by atoms with Crippen molar-refractivity contribution in [3.05, 3.63) is 65.7 Å². The summed E-state index contributed by atoms with van der Waals surface area (Å²) in [5.74, 6) is 0.351. The summed E-state index contributed by atoms with van der Waals surface area (Å²) in [4.78, 5) is 12.5. The number of hydrogen-bond donors (Lipinski definition) is 1. The van der Waals surface area contributed by atoms with E-state index in [1.807, 2.05) is 18.2 Å². The average Bonchev–Trinajstić information content (AvgIpc) is 2.68. The molecule has 1 fully saturated rings. The Morgan fingerprint density at radius 1 is 1.11 bits per heavy atom. The summed E-state index contributed by atoms with van der Waals surface area (Å²) in [5.41, 5.74) is 2.31. The molecule has 1 atom stereocenters. The molecular weight excluding hydrogens is 360 g/mol. The maximum absolute atomic E-state index is 12.5. The van der Waals surface area contributed by atoms with Crippen molar-refractivity contribution >= 4 is 21.6 Å². The Labute approximate surface area is 161 Å². The van der Waals surface area contributed by atoms with Crippen molar-refractivity contribution in [3.8, 4) is 0 Å². The number of sulfonamides is 1. The Morgan fingerprint density at radius 2 is 1.89 bits per heavy atom. The van der Waals surface area contributed by atoms with E-state index >= 15 is 0 Å². The van der Waals surface area contributed by atoms with E-state index in [9.17, 15) is 13.2 Å². The lowest BCUT2D eigenvalue weighted by Crippen LogP contribution is -2.38. The number of benzene rings is 2. The Hall–Kier alpha value is -2.34. The molecule has 0 saturated carbocycles. The van der Waals surface area contributed by atoms with Crippen LogP contribution in [0.25, 0.3) is 0 Å². The predicted octanol–water partition coefficient (Wildman–Crippen LogP) is 3.54. The molecule has 1 aliphatic rings. The van der Waals surface area contributed by atoms with Gasteiger partial charge in [-0.3, -0.25) is 9.10 Å². The van der Waals surface area contributed by atoms with E-state index in [1.54, 1.807) is 24.3 Å². The largest absolute Gasteiger partial charge is 0.352 e. The molecule has 1 N–H and O–H groups in total. The number of hydrogen-bond acceptors (Lipinski definition) is 3. The minimum atomic E-state index is -3.28. The Kier molecular flexibility index (Phi) is 6.16. The minimum Gasteiger partial charge on any atom is -0.352 e. The molecule has 0 radical (unpaired) electrons. The van der Waals surface area contributed by atoms with Gasteiger partial charge in [0, 0.05) is 18.7 Å². The highest BCUT2D eigenvalue weighted by Gasteiger charge is 2.26. The lowest BCUT2D eigenvalue weighted by molar-refractivity contribution is 0.0952. The molecule has 3 rings (SSSR count). The monoisotopic (exact) mass is 386 g/mol. The van der Waals surface area contributed by atoms with Crippen LogP contribution in [-0.4, -0.2) is 33.2 Å². The molecule has 144 valence electrons. The molecule has 27 heavy (non-hydrogen) atoms. The fraction of sp³-hybridized carbons (Fsp3) is 0.381. The van der Waals surface area contributed by atoms with Gasteiger partial charge in [-0.2, -0.15) is 0 Å². The van der Waals surface area contributed by atoms with Crippen LogP contribution in [0.3, 0.4) is 0 Å². The van der Waals surface area contributed by atoms with Crippen molar-refractivity contribution in [3.63, 3.8) is 0 Å². The standard InChI is InChI=1S/C21H26N2O3S/c1-17(18-8-3-2-4-9-18)12-13-22-21(24)19-10-7-11-20(16-19)23-14-5-6-15-27(23,25)26/h2-4,7-11,16-17H,5-6,12-15H2,1H3,(H,22,24). The van der Waals surface area contributed by atoms with E-state index < -0.39 is 10.0 Å². The van der Waals surface area contributed by atoms with Crippen LogP contribution < -0.4 is 9.62 Å². The maximum atomic E-state index is 12.5. The first kappa shape index (κ1) is 19.4. The van der Waals surface area contributed by atoms with Crippen LogP contribution in [0.1, 0.15) is 48.0 Å². The van der Waals surface area contributed by atoms with E-state index in [0.29, 0.717) is 36.7 Å². The summed E-state index contributed by atoms with van der Waals surface area (Å²) in [6, 6.07) is 17.1. The van der Waals surface area contributed by atoms with Crippen molar-refractivity contribution in [1.29, 1.82) is 0 Å². The van der Waals surface area contributed by atoms with Gasteiger partial charge in [-0.15, -0.1) is 0 Å². The van der Waals surface area contributed by atoms with Crippen molar-refractivity contribution < 1.29 is 13.2 Å². The zero-order chi connectivity index (χ0) is 19.3. The topological polar surface area (TPSA) is 66.5 Å². The molecule has 0 aliphatic carbocycles. The second-order valence-corrected chi connectivity index (χ2v) is 9.01. The van der Waals surface area contributed by atoms with Crippen molar-refractivity contribution in [2.45, 2.75) is 32.1 Å². The second kappa shape index (κ2) is 8.57. The van der Waals surface area contributed by atoms with E-state index in [4.69, 9.17) is 0 Å². The average molecular weight is 387 g/mol. The van der Waals surface area contributed by atoms with Gasteiger partial charge in [0.2, 0.25) is 10.0 Å². The van der Waals surface area contributed by atoms with Crippen molar-refractivity contribution in [1.82, 2.24) is 5.32 Å². The summed E-state index contributed by atoms with van der Waals surface area (Å²) < 4.78 is 26.0. The third kappa shape index (κ3) is 4.89.